The van der Waals surface area contributed by atoms with Crippen LogP contribution in [-0.2, 0) is 9.84 Å². The number of para-hydroxylation sites is 1. The van der Waals surface area contributed by atoms with Gasteiger partial charge in [-0.3, -0.25) is 4.79 Å². The molecule has 0 aliphatic carbocycles. The first kappa shape index (κ1) is 18.2. The van der Waals surface area contributed by atoms with Gasteiger partial charge in [0.1, 0.15) is 0 Å². The fraction of sp³-hybridized carbons (Fsp3) is 0.105. The van der Waals surface area contributed by atoms with Crippen LogP contribution in [0.25, 0.3) is 0 Å². The van der Waals surface area contributed by atoms with Gasteiger partial charge in [0, 0.05) is 17.3 Å². The number of hydrogen-bond acceptors (Lipinski definition) is 4. The number of carbonyl (C=O) groups is 1. The molecule has 1 amide bonds. The molecule has 0 aliphatic rings. The summed E-state index contributed by atoms with van der Waals surface area (Å²) in [6.45, 7) is 2.25. The summed E-state index contributed by atoms with van der Waals surface area (Å²) in [6, 6.07) is 17.5. The maximum Gasteiger partial charge on any atom is 0.294 e. The lowest BCUT2D eigenvalue weighted by Gasteiger charge is -2.19. The molecule has 0 atom stereocenters. The Hall–Kier alpha value is -2.57. The molecule has 3 aromatic rings. The van der Waals surface area contributed by atoms with E-state index in [4.69, 9.17) is 16.0 Å². The number of hydrogen-bond donors (Lipinski definition) is 0. The third kappa shape index (κ3) is 3.52. The van der Waals surface area contributed by atoms with Gasteiger partial charge in [0.15, 0.2) is 5.76 Å². The van der Waals surface area contributed by atoms with E-state index in [1.807, 2.05) is 25.1 Å². The normalized spacial score (nSPS) is 11.3. The Balaban J connectivity index is 1.91. The molecular formula is C19H16ClNO4S. The summed E-state index contributed by atoms with van der Waals surface area (Å²) in [6.07, 6.45) is 0. The molecule has 0 radical (unpaired) electrons. The van der Waals surface area contributed by atoms with Gasteiger partial charge in [0.25, 0.3) is 5.91 Å². The highest BCUT2D eigenvalue weighted by atomic mass is 35.5. The lowest BCUT2D eigenvalue weighted by atomic mass is 10.2. The maximum atomic E-state index is 12.7. The minimum Gasteiger partial charge on any atom is -0.439 e. The number of anilines is 1. The summed E-state index contributed by atoms with van der Waals surface area (Å²) in [7, 11) is -3.86. The average Bonchev–Trinajstić information content (AvgIpc) is 3.14. The first-order chi connectivity index (χ1) is 12.4. The minimum atomic E-state index is -3.86. The summed E-state index contributed by atoms with van der Waals surface area (Å²) >= 11 is 5.79. The Kier molecular flexibility index (Phi) is 5.15. The van der Waals surface area contributed by atoms with E-state index in [9.17, 15) is 13.2 Å². The third-order valence-corrected chi connectivity index (χ3v) is 5.70. The minimum absolute atomic E-state index is 0.0387. The highest BCUT2D eigenvalue weighted by molar-refractivity contribution is 7.91. The Morgan fingerprint density at radius 2 is 1.65 bits per heavy atom. The van der Waals surface area contributed by atoms with Crippen molar-refractivity contribution >= 4 is 33.0 Å². The van der Waals surface area contributed by atoms with Gasteiger partial charge in [-0.25, -0.2) is 8.42 Å². The predicted molar refractivity (Wildman–Crippen MR) is 99.4 cm³/mol. The number of furan rings is 1. The van der Waals surface area contributed by atoms with Gasteiger partial charge < -0.3 is 9.32 Å². The second-order valence-corrected chi connectivity index (χ2v) is 7.78. The number of nitrogens with zero attached hydrogens (tertiary/aromatic N) is 1. The molecule has 0 aliphatic heterocycles. The molecule has 0 saturated carbocycles. The lowest BCUT2D eigenvalue weighted by Crippen LogP contribution is -2.30. The smallest absolute Gasteiger partial charge is 0.294 e. The molecule has 0 bridgehead atoms. The van der Waals surface area contributed by atoms with Crippen molar-refractivity contribution in [2.24, 2.45) is 0 Å². The Bertz CT molecular complexity index is 1010. The zero-order valence-electron chi connectivity index (χ0n) is 13.9. The van der Waals surface area contributed by atoms with Crippen LogP contribution in [0.1, 0.15) is 17.5 Å². The van der Waals surface area contributed by atoms with Crippen LogP contribution in [0.2, 0.25) is 5.02 Å². The quantitative estimate of drug-likeness (QED) is 0.647. The Morgan fingerprint density at radius 3 is 2.27 bits per heavy atom. The van der Waals surface area contributed by atoms with E-state index in [-0.39, 0.29) is 15.7 Å². The van der Waals surface area contributed by atoms with Crippen molar-refractivity contribution in [3.05, 3.63) is 77.5 Å². The molecule has 1 aromatic heterocycles. The number of rotatable bonds is 5. The largest absolute Gasteiger partial charge is 0.439 e. The molecule has 0 fully saturated rings. The SMILES string of the molecule is CCN(C(=O)c1ccc(S(=O)(=O)c2ccc(Cl)cc2)o1)c1ccccc1. The van der Waals surface area contributed by atoms with Crippen LogP contribution in [0.3, 0.4) is 0 Å². The molecule has 0 spiro atoms. The molecule has 0 N–H and O–H groups in total. The van der Waals surface area contributed by atoms with Crippen molar-refractivity contribution in [2.45, 2.75) is 16.9 Å². The van der Waals surface area contributed by atoms with Crippen molar-refractivity contribution in [3.63, 3.8) is 0 Å². The van der Waals surface area contributed by atoms with Gasteiger partial charge in [-0.1, -0.05) is 29.8 Å². The van der Waals surface area contributed by atoms with Gasteiger partial charge in [0.2, 0.25) is 14.9 Å². The predicted octanol–water partition coefficient (Wildman–Crippen LogP) is 4.43. The number of sulfone groups is 1. The fourth-order valence-corrected chi connectivity index (χ4v) is 3.79. The standard InChI is InChI=1S/C19H16ClNO4S/c1-2-21(15-6-4-3-5-7-15)19(22)17-12-13-18(25-17)26(23,24)16-10-8-14(20)9-11-16/h3-13H,2H2,1H3. The van der Waals surface area contributed by atoms with Gasteiger partial charge in [-0.15, -0.1) is 0 Å². The van der Waals surface area contributed by atoms with E-state index in [0.29, 0.717) is 17.3 Å². The molecular weight excluding hydrogens is 374 g/mol. The maximum absolute atomic E-state index is 12.7. The Labute approximate surface area is 156 Å². The fourth-order valence-electron chi connectivity index (χ4n) is 2.49. The van der Waals surface area contributed by atoms with Crippen molar-refractivity contribution in [1.29, 1.82) is 0 Å². The van der Waals surface area contributed by atoms with Crippen LogP contribution in [0.15, 0.2) is 81.1 Å². The van der Waals surface area contributed by atoms with E-state index in [1.54, 1.807) is 12.1 Å². The second-order valence-electron chi connectivity index (χ2n) is 5.46. The molecule has 134 valence electrons. The second kappa shape index (κ2) is 7.35. The molecule has 5 nitrogen and oxygen atoms in total. The van der Waals surface area contributed by atoms with Crippen LogP contribution in [-0.4, -0.2) is 20.9 Å². The zero-order valence-corrected chi connectivity index (χ0v) is 15.5. The first-order valence-electron chi connectivity index (χ1n) is 7.91. The summed E-state index contributed by atoms with van der Waals surface area (Å²) in [5.41, 5.74) is 0.707. The third-order valence-electron chi connectivity index (χ3n) is 3.81. The monoisotopic (exact) mass is 389 g/mol. The highest BCUT2D eigenvalue weighted by Gasteiger charge is 2.25. The topological polar surface area (TPSA) is 67.6 Å². The summed E-state index contributed by atoms with van der Waals surface area (Å²) in [5, 5.41) is 0.146. The van der Waals surface area contributed by atoms with Crippen molar-refractivity contribution < 1.29 is 17.6 Å². The van der Waals surface area contributed by atoms with Crippen LogP contribution >= 0.6 is 11.6 Å². The van der Waals surface area contributed by atoms with Gasteiger partial charge >= 0.3 is 0 Å². The number of amides is 1. The van der Waals surface area contributed by atoms with Crippen LogP contribution in [0, 0.1) is 0 Å². The first-order valence-corrected chi connectivity index (χ1v) is 9.77. The van der Waals surface area contributed by atoms with Crippen molar-refractivity contribution in [1.82, 2.24) is 0 Å². The molecule has 0 saturated heterocycles. The molecule has 26 heavy (non-hydrogen) atoms. The number of benzene rings is 2. The molecule has 0 unspecified atom stereocenters. The molecule has 3 rings (SSSR count). The van der Waals surface area contributed by atoms with E-state index < -0.39 is 15.7 Å². The number of carbonyl (C=O) groups excluding carboxylic acids is 1. The van der Waals surface area contributed by atoms with Gasteiger partial charge in [-0.2, -0.15) is 0 Å². The molecule has 1 heterocycles. The summed E-state index contributed by atoms with van der Waals surface area (Å²) < 4.78 is 30.6. The Morgan fingerprint density at radius 1 is 1.00 bits per heavy atom. The van der Waals surface area contributed by atoms with Crippen molar-refractivity contribution in [3.8, 4) is 0 Å². The van der Waals surface area contributed by atoms with Crippen LogP contribution < -0.4 is 4.90 Å². The lowest BCUT2D eigenvalue weighted by molar-refractivity contribution is 0.0956. The van der Waals surface area contributed by atoms with Crippen LogP contribution in [0.4, 0.5) is 5.69 Å². The van der Waals surface area contributed by atoms with Crippen LogP contribution in [0.5, 0.6) is 0 Å². The van der Waals surface area contributed by atoms with E-state index in [0.717, 1.165) is 0 Å². The van der Waals surface area contributed by atoms with E-state index in [2.05, 4.69) is 0 Å². The van der Waals surface area contributed by atoms with E-state index in [1.165, 1.54) is 41.3 Å². The molecule has 2 aromatic carbocycles. The molecule has 7 heteroatoms. The zero-order chi connectivity index (χ0) is 18.7. The van der Waals surface area contributed by atoms with Crippen molar-refractivity contribution in [2.75, 3.05) is 11.4 Å². The highest BCUT2D eigenvalue weighted by Crippen LogP contribution is 2.25. The average molecular weight is 390 g/mol. The summed E-state index contributed by atoms with van der Waals surface area (Å²) in [4.78, 5) is 14.3. The summed E-state index contributed by atoms with van der Waals surface area (Å²) in [5.74, 6) is -0.445. The van der Waals surface area contributed by atoms with Gasteiger partial charge in [0.05, 0.1) is 4.90 Å². The van der Waals surface area contributed by atoms with E-state index >= 15 is 0 Å². The number of halogens is 1. The van der Waals surface area contributed by atoms with Gasteiger partial charge in [-0.05, 0) is 55.5 Å².